The molecule has 1 amide bonds. The first-order valence-electron chi connectivity index (χ1n) is 9.19. The average molecular weight is 323 g/mol. The number of carboxylic acids is 1. The van der Waals surface area contributed by atoms with Gasteiger partial charge in [0.1, 0.15) is 0 Å². The Balaban J connectivity index is 1.61. The van der Waals surface area contributed by atoms with Crippen LogP contribution in [0.25, 0.3) is 0 Å². The molecule has 1 aliphatic heterocycles. The summed E-state index contributed by atoms with van der Waals surface area (Å²) < 4.78 is 5.36. The SMILES string of the molecule is O=C(O)CC1(NC(=O)C2CCC3CCCCC3C2)CCOCC1. The highest BCUT2D eigenvalue weighted by atomic mass is 16.5. The number of aliphatic carboxylic acids is 1. The van der Waals surface area contributed by atoms with Gasteiger partial charge in [0, 0.05) is 19.1 Å². The van der Waals surface area contributed by atoms with Crippen molar-refractivity contribution in [3.8, 4) is 0 Å². The van der Waals surface area contributed by atoms with E-state index in [0.717, 1.165) is 25.2 Å². The van der Waals surface area contributed by atoms with Crippen LogP contribution in [0.5, 0.6) is 0 Å². The smallest absolute Gasteiger partial charge is 0.305 e. The Kier molecular flexibility index (Phi) is 5.24. The lowest BCUT2D eigenvalue weighted by Crippen LogP contribution is -2.55. The zero-order valence-electron chi connectivity index (χ0n) is 13.9. The van der Waals surface area contributed by atoms with Crippen molar-refractivity contribution >= 4 is 11.9 Å². The van der Waals surface area contributed by atoms with Crippen LogP contribution in [0.1, 0.15) is 64.2 Å². The molecule has 3 rings (SSSR count). The van der Waals surface area contributed by atoms with Crippen molar-refractivity contribution in [2.45, 2.75) is 69.7 Å². The summed E-state index contributed by atoms with van der Waals surface area (Å²) in [4.78, 5) is 24.0. The number of carbonyl (C=O) groups is 2. The van der Waals surface area contributed by atoms with Crippen molar-refractivity contribution in [3.05, 3.63) is 0 Å². The summed E-state index contributed by atoms with van der Waals surface area (Å²) in [7, 11) is 0. The number of fused-ring (bicyclic) bond motifs is 1. The minimum atomic E-state index is -0.844. The van der Waals surface area contributed by atoms with E-state index in [1.165, 1.54) is 25.7 Å². The second-order valence-corrected chi connectivity index (χ2v) is 7.77. The molecule has 5 heteroatoms. The molecule has 0 aromatic carbocycles. The normalized spacial score (nSPS) is 33.5. The fraction of sp³-hybridized carbons (Fsp3) is 0.889. The van der Waals surface area contributed by atoms with Crippen LogP contribution in [0, 0.1) is 17.8 Å². The minimum absolute atomic E-state index is 0.000867. The zero-order chi connectivity index (χ0) is 16.3. The third kappa shape index (κ3) is 4.06. The van der Waals surface area contributed by atoms with E-state index < -0.39 is 11.5 Å². The highest BCUT2D eigenvalue weighted by Crippen LogP contribution is 2.43. The summed E-state index contributed by atoms with van der Waals surface area (Å²) in [5.41, 5.74) is -0.607. The number of carbonyl (C=O) groups excluding carboxylic acids is 1. The molecule has 130 valence electrons. The first kappa shape index (κ1) is 16.7. The molecule has 3 fully saturated rings. The lowest BCUT2D eigenvalue weighted by Gasteiger charge is -2.41. The average Bonchev–Trinajstić information content (AvgIpc) is 2.54. The molecule has 3 atom stereocenters. The van der Waals surface area contributed by atoms with E-state index in [9.17, 15) is 14.7 Å². The Morgan fingerprint density at radius 2 is 1.74 bits per heavy atom. The predicted molar refractivity (Wildman–Crippen MR) is 86.0 cm³/mol. The predicted octanol–water partition coefficient (Wildman–Crippen LogP) is 2.73. The Labute approximate surface area is 138 Å². The minimum Gasteiger partial charge on any atom is -0.481 e. The molecule has 23 heavy (non-hydrogen) atoms. The van der Waals surface area contributed by atoms with Gasteiger partial charge >= 0.3 is 5.97 Å². The van der Waals surface area contributed by atoms with Gasteiger partial charge in [-0.25, -0.2) is 0 Å². The van der Waals surface area contributed by atoms with E-state index in [2.05, 4.69) is 5.32 Å². The van der Waals surface area contributed by atoms with E-state index in [-0.39, 0.29) is 18.2 Å². The molecule has 2 saturated carbocycles. The van der Waals surface area contributed by atoms with E-state index >= 15 is 0 Å². The van der Waals surface area contributed by atoms with E-state index in [0.29, 0.717) is 32.0 Å². The standard InChI is InChI=1S/C18H29NO4/c20-16(21)12-18(7-9-23-10-8-18)19-17(22)15-6-5-13-3-1-2-4-14(13)11-15/h13-15H,1-12H2,(H,19,22)(H,20,21). The summed E-state index contributed by atoms with van der Waals surface area (Å²) in [5, 5.41) is 12.3. The number of amides is 1. The summed E-state index contributed by atoms with van der Waals surface area (Å²) in [6.45, 7) is 1.06. The molecule has 3 aliphatic rings. The monoisotopic (exact) mass is 323 g/mol. The van der Waals surface area contributed by atoms with Crippen LogP contribution in [0.15, 0.2) is 0 Å². The molecule has 0 spiro atoms. The van der Waals surface area contributed by atoms with Crippen molar-refractivity contribution in [1.82, 2.24) is 5.32 Å². The second-order valence-electron chi connectivity index (χ2n) is 7.77. The van der Waals surface area contributed by atoms with Crippen LogP contribution in [-0.2, 0) is 14.3 Å². The van der Waals surface area contributed by atoms with E-state index in [1.807, 2.05) is 0 Å². The number of hydrogen-bond acceptors (Lipinski definition) is 3. The largest absolute Gasteiger partial charge is 0.481 e. The van der Waals surface area contributed by atoms with Gasteiger partial charge in [-0.3, -0.25) is 9.59 Å². The van der Waals surface area contributed by atoms with E-state index in [1.54, 1.807) is 0 Å². The molecular weight excluding hydrogens is 294 g/mol. The van der Waals surface area contributed by atoms with Crippen molar-refractivity contribution < 1.29 is 19.4 Å². The van der Waals surface area contributed by atoms with Crippen molar-refractivity contribution in [2.24, 2.45) is 17.8 Å². The number of carboxylic acid groups (broad SMARTS) is 1. The van der Waals surface area contributed by atoms with Crippen molar-refractivity contribution in [1.29, 1.82) is 0 Å². The molecule has 2 N–H and O–H groups in total. The maximum Gasteiger partial charge on any atom is 0.305 e. The van der Waals surface area contributed by atoms with Crippen molar-refractivity contribution in [3.63, 3.8) is 0 Å². The van der Waals surface area contributed by atoms with Gasteiger partial charge in [-0.2, -0.15) is 0 Å². The highest BCUT2D eigenvalue weighted by Gasteiger charge is 2.40. The van der Waals surface area contributed by atoms with E-state index in [4.69, 9.17) is 4.74 Å². The van der Waals surface area contributed by atoms with Gasteiger partial charge in [0.2, 0.25) is 5.91 Å². The maximum atomic E-state index is 12.8. The molecule has 0 aromatic heterocycles. The van der Waals surface area contributed by atoms with Gasteiger partial charge in [-0.05, 0) is 43.9 Å². The molecule has 1 heterocycles. The van der Waals surface area contributed by atoms with Crippen molar-refractivity contribution in [2.75, 3.05) is 13.2 Å². The number of hydrogen-bond donors (Lipinski definition) is 2. The molecule has 0 radical (unpaired) electrons. The summed E-state index contributed by atoms with van der Waals surface area (Å²) in [6, 6.07) is 0. The second kappa shape index (κ2) is 7.20. The summed E-state index contributed by atoms with van der Waals surface area (Å²) in [6.07, 6.45) is 9.58. The van der Waals surface area contributed by atoms with Crippen LogP contribution >= 0.6 is 0 Å². The number of ether oxygens (including phenoxy) is 1. The van der Waals surface area contributed by atoms with Gasteiger partial charge < -0.3 is 15.2 Å². The molecule has 0 bridgehead atoms. The Bertz CT molecular complexity index is 444. The quantitative estimate of drug-likeness (QED) is 0.834. The highest BCUT2D eigenvalue weighted by molar-refractivity contribution is 5.80. The van der Waals surface area contributed by atoms with Gasteiger partial charge in [0.05, 0.1) is 12.0 Å². The third-order valence-corrected chi connectivity index (χ3v) is 6.24. The lowest BCUT2D eigenvalue weighted by molar-refractivity contribution is -0.141. The molecule has 3 unspecified atom stereocenters. The van der Waals surface area contributed by atoms with Crippen LogP contribution < -0.4 is 5.32 Å². The van der Waals surface area contributed by atoms with Crippen LogP contribution in [0.2, 0.25) is 0 Å². The van der Waals surface area contributed by atoms with Gasteiger partial charge in [0.25, 0.3) is 0 Å². The first-order chi connectivity index (χ1) is 11.1. The topological polar surface area (TPSA) is 75.6 Å². The fourth-order valence-electron chi connectivity index (χ4n) is 4.87. The third-order valence-electron chi connectivity index (χ3n) is 6.24. The van der Waals surface area contributed by atoms with Crippen LogP contribution in [0.4, 0.5) is 0 Å². The number of rotatable bonds is 4. The molecular formula is C18H29NO4. The first-order valence-corrected chi connectivity index (χ1v) is 9.19. The summed E-state index contributed by atoms with van der Waals surface area (Å²) in [5.74, 6) is 0.838. The van der Waals surface area contributed by atoms with Gasteiger partial charge in [-0.1, -0.05) is 25.7 Å². The molecule has 1 saturated heterocycles. The Morgan fingerprint density at radius 3 is 2.43 bits per heavy atom. The Hall–Kier alpha value is -1.10. The molecule has 5 nitrogen and oxygen atoms in total. The fourth-order valence-corrected chi connectivity index (χ4v) is 4.87. The van der Waals surface area contributed by atoms with Gasteiger partial charge in [0.15, 0.2) is 0 Å². The van der Waals surface area contributed by atoms with Gasteiger partial charge in [-0.15, -0.1) is 0 Å². The zero-order valence-corrected chi connectivity index (χ0v) is 13.9. The lowest BCUT2D eigenvalue weighted by atomic mass is 9.67. The summed E-state index contributed by atoms with van der Waals surface area (Å²) >= 11 is 0. The Morgan fingerprint density at radius 1 is 1.04 bits per heavy atom. The molecule has 0 aromatic rings. The van der Waals surface area contributed by atoms with Crippen LogP contribution in [-0.4, -0.2) is 35.7 Å². The maximum absolute atomic E-state index is 12.8. The van der Waals surface area contributed by atoms with Crippen LogP contribution in [0.3, 0.4) is 0 Å². The number of nitrogens with one attached hydrogen (secondary N) is 1. The molecule has 2 aliphatic carbocycles.